The highest BCUT2D eigenvalue weighted by Crippen LogP contribution is 2.46. The van der Waals surface area contributed by atoms with Crippen molar-refractivity contribution in [3.05, 3.63) is 70.8 Å². The van der Waals surface area contributed by atoms with E-state index in [4.69, 9.17) is 15.0 Å². The summed E-state index contributed by atoms with van der Waals surface area (Å²) in [4.78, 5) is 15.4. The smallest absolute Gasteiger partial charge is 0.148 e. The Morgan fingerprint density at radius 3 is 2.10 bits per heavy atom. The Kier molecular flexibility index (Phi) is 6.98. The summed E-state index contributed by atoms with van der Waals surface area (Å²) in [6.45, 7) is 14.9. The number of anilines is 3. The minimum absolute atomic E-state index is 0.0927. The van der Waals surface area contributed by atoms with Crippen LogP contribution in [0.25, 0.3) is 0 Å². The van der Waals surface area contributed by atoms with Gasteiger partial charge < -0.3 is 16.0 Å². The summed E-state index contributed by atoms with van der Waals surface area (Å²) < 4.78 is 0. The molecule has 6 nitrogen and oxygen atoms in total. The van der Waals surface area contributed by atoms with Crippen LogP contribution in [-0.2, 0) is 0 Å². The highest BCUT2D eigenvalue weighted by atomic mass is 15.1. The minimum atomic E-state index is 0.0927. The van der Waals surface area contributed by atoms with Crippen molar-refractivity contribution in [2.75, 3.05) is 22.5 Å². The van der Waals surface area contributed by atoms with Gasteiger partial charge in [-0.05, 0) is 72.1 Å². The Morgan fingerprint density at radius 1 is 0.692 bits per heavy atom. The van der Waals surface area contributed by atoms with Gasteiger partial charge in [-0.3, -0.25) is 4.98 Å². The van der Waals surface area contributed by atoms with Crippen LogP contribution in [0.4, 0.5) is 17.3 Å². The van der Waals surface area contributed by atoms with E-state index in [1.807, 2.05) is 6.20 Å². The van der Waals surface area contributed by atoms with Gasteiger partial charge in [0.2, 0.25) is 0 Å². The Bertz CT molecular complexity index is 1330. The van der Waals surface area contributed by atoms with Crippen LogP contribution < -0.4 is 16.0 Å². The summed E-state index contributed by atoms with van der Waals surface area (Å²) in [6, 6.07) is 13.6. The standard InChI is InChI=1S/C33H44N6/c1-18(2)21-13-14-34-33-31(21)35-17-30(39-33)29-16-25(20(5)6)23-11-12-27(37-32(23)38-29)28-15-24(19(3)4)22-9-7-8-10-26(22)36-28/h7-12,17-21,24-25,28-29,36H,13-16H2,1-6H3,(H,34,39)(H,37,38). The number of hydrogen-bond acceptors (Lipinski definition) is 6. The summed E-state index contributed by atoms with van der Waals surface area (Å²) in [7, 11) is 0. The van der Waals surface area contributed by atoms with Gasteiger partial charge in [-0.15, -0.1) is 0 Å². The SMILES string of the molecule is CC(C)C1CC(c2ccc3c(n2)NC(c2cnc4c(n2)NCCC4C(C)C)CC3C(C)C)Nc2ccccc21. The molecule has 0 spiro atoms. The number of para-hydroxylation sites is 1. The van der Waals surface area contributed by atoms with Crippen LogP contribution in [0.15, 0.2) is 42.6 Å². The van der Waals surface area contributed by atoms with Crippen molar-refractivity contribution in [2.45, 2.75) is 90.6 Å². The fourth-order valence-corrected chi connectivity index (χ4v) is 7.04. The van der Waals surface area contributed by atoms with Gasteiger partial charge in [0, 0.05) is 18.2 Å². The molecule has 206 valence electrons. The van der Waals surface area contributed by atoms with E-state index in [2.05, 4.69) is 93.9 Å². The van der Waals surface area contributed by atoms with Gasteiger partial charge >= 0.3 is 0 Å². The van der Waals surface area contributed by atoms with Crippen LogP contribution in [0.5, 0.6) is 0 Å². The third-order valence-electron chi connectivity index (χ3n) is 9.37. The molecule has 6 heteroatoms. The first kappa shape index (κ1) is 26.1. The van der Waals surface area contributed by atoms with E-state index in [-0.39, 0.29) is 12.1 Å². The molecule has 0 amide bonds. The van der Waals surface area contributed by atoms with Crippen molar-refractivity contribution in [3.8, 4) is 0 Å². The van der Waals surface area contributed by atoms with Gasteiger partial charge in [0.05, 0.1) is 35.4 Å². The number of benzene rings is 1. The molecule has 39 heavy (non-hydrogen) atoms. The average molecular weight is 525 g/mol. The van der Waals surface area contributed by atoms with Crippen molar-refractivity contribution >= 4 is 17.3 Å². The maximum absolute atomic E-state index is 5.30. The van der Waals surface area contributed by atoms with Crippen LogP contribution in [0.3, 0.4) is 0 Å². The molecule has 3 aliphatic heterocycles. The van der Waals surface area contributed by atoms with E-state index in [1.165, 1.54) is 16.8 Å². The van der Waals surface area contributed by atoms with Gasteiger partial charge in [-0.2, -0.15) is 0 Å². The molecule has 3 aliphatic rings. The van der Waals surface area contributed by atoms with E-state index in [0.29, 0.717) is 35.5 Å². The molecule has 0 saturated carbocycles. The lowest BCUT2D eigenvalue weighted by molar-refractivity contribution is 0.417. The molecule has 6 rings (SSSR count). The van der Waals surface area contributed by atoms with Gasteiger partial charge in [0.1, 0.15) is 11.6 Å². The molecule has 2 aromatic heterocycles. The molecule has 5 unspecified atom stereocenters. The molecule has 0 saturated heterocycles. The Labute approximate surface area is 233 Å². The summed E-state index contributed by atoms with van der Waals surface area (Å²) >= 11 is 0. The number of rotatable bonds is 5. The quantitative estimate of drug-likeness (QED) is 0.314. The molecule has 0 bridgehead atoms. The van der Waals surface area contributed by atoms with E-state index in [1.54, 1.807) is 0 Å². The molecule has 0 aliphatic carbocycles. The number of hydrogen-bond donors (Lipinski definition) is 3. The lowest BCUT2D eigenvalue weighted by atomic mass is 9.78. The summed E-state index contributed by atoms with van der Waals surface area (Å²) in [5, 5.41) is 11.1. The van der Waals surface area contributed by atoms with Gasteiger partial charge in [0.25, 0.3) is 0 Å². The summed E-state index contributed by atoms with van der Waals surface area (Å²) in [6.07, 6.45) is 5.18. The lowest BCUT2D eigenvalue weighted by Crippen LogP contribution is -2.29. The molecular weight excluding hydrogens is 480 g/mol. The third kappa shape index (κ3) is 4.87. The van der Waals surface area contributed by atoms with E-state index >= 15 is 0 Å². The van der Waals surface area contributed by atoms with Gasteiger partial charge in [-0.25, -0.2) is 9.97 Å². The van der Waals surface area contributed by atoms with Crippen molar-refractivity contribution in [3.63, 3.8) is 0 Å². The molecule has 0 radical (unpaired) electrons. The molecule has 5 heterocycles. The van der Waals surface area contributed by atoms with Crippen molar-refractivity contribution in [1.82, 2.24) is 15.0 Å². The second-order valence-electron chi connectivity index (χ2n) is 12.9. The Balaban J connectivity index is 1.32. The highest BCUT2D eigenvalue weighted by Gasteiger charge is 2.35. The summed E-state index contributed by atoms with van der Waals surface area (Å²) in [5.41, 5.74) is 7.25. The van der Waals surface area contributed by atoms with Crippen molar-refractivity contribution in [1.29, 1.82) is 0 Å². The number of pyridine rings is 1. The fraction of sp³-hybridized carbons (Fsp3) is 0.545. The molecule has 3 aromatic rings. The maximum atomic E-state index is 5.30. The first-order valence-electron chi connectivity index (χ1n) is 15.0. The second kappa shape index (κ2) is 10.4. The summed E-state index contributed by atoms with van der Waals surface area (Å²) in [5.74, 6) is 5.04. The van der Waals surface area contributed by atoms with Crippen LogP contribution in [0.2, 0.25) is 0 Å². The maximum Gasteiger partial charge on any atom is 0.148 e. The lowest BCUT2D eigenvalue weighted by Gasteiger charge is -2.37. The first-order valence-corrected chi connectivity index (χ1v) is 15.0. The normalized spacial score (nSPS) is 25.8. The highest BCUT2D eigenvalue weighted by molar-refractivity contribution is 5.58. The van der Waals surface area contributed by atoms with Crippen LogP contribution in [-0.4, -0.2) is 21.5 Å². The van der Waals surface area contributed by atoms with Crippen LogP contribution in [0, 0.1) is 17.8 Å². The number of nitrogens with one attached hydrogen (secondary N) is 3. The minimum Gasteiger partial charge on any atom is -0.376 e. The molecular formula is C33H44N6. The van der Waals surface area contributed by atoms with Crippen molar-refractivity contribution in [2.24, 2.45) is 17.8 Å². The van der Waals surface area contributed by atoms with Gasteiger partial charge in [-0.1, -0.05) is 65.8 Å². The topological polar surface area (TPSA) is 74.8 Å². The monoisotopic (exact) mass is 524 g/mol. The van der Waals surface area contributed by atoms with E-state index < -0.39 is 0 Å². The van der Waals surface area contributed by atoms with E-state index in [0.717, 1.165) is 54.5 Å². The zero-order valence-electron chi connectivity index (χ0n) is 24.3. The zero-order chi connectivity index (χ0) is 27.3. The van der Waals surface area contributed by atoms with E-state index in [9.17, 15) is 0 Å². The van der Waals surface area contributed by atoms with Crippen molar-refractivity contribution < 1.29 is 0 Å². The molecule has 1 aromatic carbocycles. The largest absolute Gasteiger partial charge is 0.376 e. The number of fused-ring (bicyclic) bond motifs is 3. The predicted molar refractivity (Wildman–Crippen MR) is 161 cm³/mol. The van der Waals surface area contributed by atoms with Crippen LogP contribution >= 0.6 is 0 Å². The molecule has 3 N–H and O–H groups in total. The predicted octanol–water partition coefficient (Wildman–Crippen LogP) is 8.02. The van der Waals surface area contributed by atoms with Gasteiger partial charge in [0.15, 0.2) is 0 Å². The third-order valence-corrected chi connectivity index (χ3v) is 9.37. The number of nitrogens with zero attached hydrogens (tertiary/aromatic N) is 3. The molecule has 0 fully saturated rings. The Morgan fingerprint density at radius 2 is 1.36 bits per heavy atom. The fourth-order valence-electron chi connectivity index (χ4n) is 7.04. The first-order chi connectivity index (χ1) is 18.8. The second-order valence-corrected chi connectivity index (χ2v) is 12.9. The number of aromatic nitrogens is 3. The molecule has 5 atom stereocenters. The zero-order valence-corrected chi connectivity index (χ0v) is 24.3. The average Bonchev–Trinajstić information content (AvgIpc) is 2.94. The Hall–Kier alpha value is -3.15. The van der Waals surface area contributed by atoms with Crippen LogP contribution in [0.1, 0.15) is 119 Å².